The molecule has 1 aromatic carbocycles. The molecule has 1 atom stereocenters. The molecule has 0 fully saturated rings. The van der Waals surface area contributed by atoms with Crippen LogP contribution in [0.25, 0.3) is 10.9 Å². The van der Waals surface area contributed by atoms with E-state index < -0.39 is 0 Å². The Hall–Kier alpha value is -1.32. The molecule has 0 aliphatic rings. The van der Waals surface area contributed by atoms with Gasteiger partial charge in [-0.15, -0.1) is 0 Å². The molecule has 0 aliphatic carbocycles. The molecule has 0 amide bonds. The number of benzene rings is 1. The molecule has 0 bridgehead atoms. The lowest BCUT2D eigenvalue weighted by molar-refractivity contribution is -0.420. The summed E-state index contributed by atoms with van der Waals surface area (Å²) in [5.74, 6) is 0. The lowest BCUT2D eigenvalue weighted by atomic mass is 10.1. The summed E-state index contributed by atoms with van der Waals surface area (Å²) in [5.41, 5.74) is 5.25. The zero-order valence-corrected chi connectivity index (χ0v) is 9.14. The lowest BCUT2D eigenvalue weighted by Crippen LogP contribution is -2.53. The standard InChI is InChI=1S/C11H11ClN2O/c1-6(13)9-5-7-4-8(12)2-3-10(7)14-11(9)15/h2-6H,13H2,1H3,(H,14,15)/p+1. The minimum Gasteiger partial charge on any atom is -0.351 e. The maximum absolute atomic E-state index is 11.6. The first-order chi connectivity index (χ1) is 7.08. The van der Waals surface area contributed by atoms with Gasteiger partial charge >= 0.3 is 0 Å². The number of pyridine rings is 1. The number of quaternary nitrogens is 1. The van der Waals surface area contributed by atoms with E-state index in [4.69, 9.17) is 11.6 Å². The molecule has 1 unspecified atom stereocenters. The second-order valence-electron chi connectivity index (χ2n) is 3.69. The Labute approximate surface area is 91.9 Å². The van der Waals surface area contributed by atoms with Crippen molar-refractivity contribution in [2.24, 2.45) is 0 Å². The maximum atomic E-state index is 11.6. The molecular formula is C11H12ClN2O+. The van der Waals surface area contributed by atoms with Gasteiger partial charge in [0.15, 0.2) is 0 Å². The molecule has 0 saturated carbocycles. The minimum atomic E-state index is -0.0766. The number of aromatic amines is 1. The van der Waals surface area contributed by atoms with Crippen molar-refractivity contribution in [2.45, 2.75) is 13.0 Å². The zero-order chi connectivity index (χ0) is 11.0. The van der Waals surface area contributed by atoms with Crippen LogP contribution in [0.15, 0.2) is 29.1 Å². The van der Waals surface area contributed by atoms with E-state index in [0.29, 0.717) is 10.6 Å². The second-order valence-corrected chi connectivity index (χ2v) is 4.12. The van der Waals surface area contributed by atoms with Gasteiger partial charge in [0.2, 0.25) is 0 Å². The molecule has 0 saturated heterocycles. The van der Waals surface area contributed by atoms with Crippen molar-refractivity contribution in [3.8, 4) is 0 Å². The Morgan fingerprint density at radius 2 is 2.13 bits per heavy atom. The fraction of sp³-hybridized carbons (Fsp3) is 0.182. The Bertz CT molecular complexity index is 560. The average molecular weight is 224 g/mol. The Kier molecular flexibility index (Phi) is 2.50. The molecule has 78 valence electrons. The van der Waals surface area contributed by atoms with Crippen LogP contribution in [-0.4, -0.2) is 4.98 Å². The van der Waals surface area contributed by atoms with E-state index in [1.54, 1.807) is 12.1 Å². The van der Waals surface area contributed by atoms with Crippen LogP contribution in [0.1, 0.15) is 18.5 Å². The summed E-state index contributed by atoms with van der Waals surface area (Å²) in [4.78, 5) is 14.4. The van der Waals surface area contributed by atoms with Crippen LogP contribution in [0.4, 0.5) is 0 Å². The number of rotatable bonds is 1. The predicted octanol–water partition coefficient (Wildman–Crippen LogP) is 1.48. The van der Waals surface area contributed by atoms with Crippen molar-refractivity contribution >= 4 is 22.5 Å². The van der Waals surface area contributed by atoms with Gasteiger partial charge in [-0.25, -0.2) is 0 Å². The number of halogens is 1. The lowest BCUT2D eigenvalue weighted by Gasteiger charge is -2.04. The van der Waals surface area contributed by atoms with Crippen LogP contribution in [0.5, 0.6) is 0 Å². The number of H-pyrrole nitrogens is 1. The summed E-state index contributed by atoms with van der Waals surface area (Å²) in [7, 11) is 0. The summed E-state index contributed by atoms with van der Waals surface area (Å²) < 4.78 is 0. The van der Waals surface area contributed by atoms with Gasteiger partial charge in [-0.1, -0.05) is 11.6 Å². The second kappa shape index (κ2) is 3.68. The first-order valence-electron chi connectivity index (χ1n) is 4.73. The number of fused-ring (bicyclic) bond motifs is 1. The number of aromatic nitrogens is 1. The van der Waals surface area contributed by atoms with E-state index in [1.807, 2.05) is 19.1 Å². The Morgan fingerprint density at radius 1 is 1.40 bits per heavy atom. The predicted molar refractivity (Wildman–Crippen MR) is 60.9 cm³/mol. The number of hydrogen-bond donors (Lipinski definition) is 2. The normalized spacial score (nSPS) is 13.0. The van der Waals surface area contributed by atoms with Gasteiger partial charge < -0.3 is 10.7 Å². The number of hydrogen-bond acceptors (Lipinski definition) is 1. The van der Waals surface area contributed by atoms with E-state index >= 15 is 0 Å². The average Bonchev–Trinajstić information content (AvgIpc) is 2.17. The van der Waals surface area contributed by atoms with Crippen molar-refractivity contribution in [1.29, 1.82) is 0 Å². The zero-order valence-electron chi connectivity index (χ0n) is 8.38. The highest BCUT2D eigenvalue weighted by molar-refractivity contribution is 6.31. The minimum absolute atomic E-state index is 0.0304. The van der Waals surface area contributed by atoms with Crippen molar-refractivity contribution in [2.75, 3.05) is 0 Å². The maximum Gasteiger partial charge on any atom is 0.257 e. The Morgan fingerprint density at radius 3 is 2.80 bits per heavy atom. The molecule has 2 aromatic rings. The van der Waals surface area contributed by atoms with E-state index in [0.717, 1.165) is 10.9 Å². The summed E-state index contributed by atoms with van der Waals surface area (Å²) in [6.45, 7) is 1.89. The van der Waals surface area contributed by atoms with Crippen molar-refractivity contribution in [1.82, 2.24) is 4.98 Å². The third kappa shape index (κ3) is 1.89. The van der Waals surface area contributed by atoms with Crippen LogP contribution in [0.2, 0.25) is 5.02 Å². The molecule has 0 spiro atoms. The van der Waals surface area contributed by atoms with Crippen LogP contribution in [-0.2, 0) is 0 Å². The molecule has 1 aromatic heterocycles. The largest absolute Gasteiger partial charge is 0.351 e. The first kappa shape index (κ1) is 10.2. The molecule has 4 heteroatoms. The van der Waals surface area contributed by atoms with Gasteiger partial charge in [0.1, 0.15) is 6.04 Å². The highest BCUT2D eigenvalue weighted by atomic mass is 35.5. The van der Waals surface area contributed by atoms with Gasteiger partial charge in [0, 0.05) is 15.9 Å². The van der Waals surface area contributed by atoms with E-state index in [1.165, 1.54) is 0 Å². The fourth-order valence-corrected chi connectivity index (χ4v) is 1.74. The summed E-state index contributed by atoms with van der Waals surface area (Å²) in [5, 5.41) is 1.60. The van der Waals surface area contributed by atoms with Crippen LogP contribution in [0.3, 0.4) is 0 Å². The summed E-state index contributed by atoms with van der Waals surface area (Å²) >= 11 is 5.88. The SMILES string of the molecule is CC([NH3+])c1cc2cc(Cl)ccc2[nH]c1=O. The monoisotopic (exact) mass is 223 g/mol. The number of nitrogens with one attached hydrogen (secondary N) is 1. The van der Waals surface area contributed by atoms with Gasteiger partial charge in [-0.05, 0) is 31.2 Å². The van der Waals surface area contributed by atoms with Gasteiger partial charge in [-0.3, -0.25) is 4.79 Å². The molecule has 0 radical (unpaired) electrons. The first-order valence-corrected chi connectivity index (χ1v) is 5.11. The molecule has 3 nitrogen and oxygen atoms in total. The van der Waals surface area contributed by atoms with E-state index in [2.05, 4.69) is 10.7 Å². The van der Waals surface area contributed by atoms with Gasteiger partial charge in [0.25, 0.3) is 5.56 Å². The van der Waals surface area contributed by atoms with Crippen LogP contribution < -0.4 is 11.3 Å². The van der Waals surface area contributed by atoms with Crippen LogP contribution >= 0.6 is 11.6 Å². The molecule has 2 rings (SSSR count). The fourth-order valence-electron chi connectivity index (χ4n) is 1.56. The van der Waals surface area contributed by atoms with Crippen molar-refractivity contribution in [3.05, 3.63) is 45.2 Å². The summed E-state index contributed by atoms with van der Waals surface area (Å²) in [6.07, 6.45) is 0. The quantitative estimate of drug-likeness (QED) is 0.756. The van der Waals surface area contributed by atoms with E-state index in [9.17, 15) is 4.79 Å². The van der Waals surface area contributed by atoms with Crippen LogP contribution in [0, 0.1) is 0 Å². The Balaban J connectivity index is 2.77. The highest BCUT2D eigenvalue weighted by Gasteiger charge is 2.09. The third-order valence-corrected chi connectivity index (χ3v) is 2.60. The van der Waals surface area contributed by atoms with Gasteiger partial charge in [-0.2, -0.15) is 0 Å². The highest BCUT2D eigenvalue weighted by Crippen LogP contribution is 2.18. The molecular weight excluding hydrogens is 212 g/mol. The van der Waals surface area contributed by atoms with Gasteiger partial charge in [0.05, 0.1) is 5.56 Å². The summed E-state index contributed by atoms with van der Waals surface area (Å²) in [6, 6.07) is 7.21. The topological polar surface area (TPSA) is 60.5 Å². The van der Waals surface area contributed by atoms with Crippen molar-refractivity contribution < 1.29 is 5.73 Å². The molecule has 0 aliphatic heterocycles. The molecule has 1 heterocycles. The molecule has 15 heavy (non-hydrogen) atoms. The third-order valence-electron chi connectivity index (χ3n) is 2.37. The van der Waals surface area contributed by atoms with E-state index in [-0.39, 0.29) is 11.6 Å². The smallest absolute Gasteiger partial charge is 0.257 e. The molecule has 4 N–H and O–H groups in total. The van der Waals surface area contributed by atoms with Crippen molar-refractivity contribution in [3.63, 3.8) is 0 Å².